The quantitative estimate of drug-likeness (QED) is 0.913. The highest BCUT2D eigenvalue weighted by Crippen LogP contribution is 2.14. The third-order valence-corrected chi connectivity index (χ3v) is 4.35. The molecule has 1 aliphatic heterocycles. The summed E-state index contributed by atoms with van der Waals surface area (Å²) in [5, 5.41) is 20.2. The second-order valence-corrected chi connectivity index (χ2v) is 6.08. The van der Waals surface area contributed by atoms with E-state index >= 15 is 0 Å². The van der Waals surface area contributed by atoms with Crippen LogP contribution in [0.2, 0.25) is 0 Å². The number of benzene rings is 1. The van der Waals surface area contributed by atoms with E-state index in [1.165, 1.54) is 6.42 Å². The van der Waals surface area contributed by atoms with Crippen molar-refractivity contribution in [1.29, 1.82) is 5.26 Å². The summed E-state index contributed by atoms with van der Waals surface area (Å²) >= 11 is 0. The molecule has 1 aromatic carbocycles. The molecule has 1 amide bonds. The predicted octanol–water partition coefficient (Wildman–Crippen LogP) is 2.13. The molecule has 1 aliphatic rings. The normalized spacial score (nSPS) is 13.6. The highest BCUT2D eigenvalue weighted by Gasteiger charge is 2.15. The number of nitrogens with zero attached hydrogens (tertiary/aromatic N) is 4. The highest BCUT2D eigenvalue weighted by atomic mass is 16.1. The van der Waals surface area contributed by atoms with Gasteiger partial charge in [-0.25, -0.2) is 0 Å². The summed E-state index contributed by atoms with van der Waals surface area (Å²) in [6.07, 6.45) is 5.58. The number of fused-ring (bicyclic) bond motifs is 1. The number of carbonyl (C=O) groups is 1. The Bertz CT molecular complexity index is 742. The number of amides is 1. The first kappa shape index (κ1) is 16.2. The molecule has 0 saturated heterocycles. The highest BCUT2D eigenvalue weighted by molar-refractivity contribution is 5.76. The molecule has 0 fully saturated rings. The maximum Gasteiger partial charge on any atom is 0.220 e. The van der Waals surface area contributed by atoms with Crippen molar-refractivity contribution in [1.82, 2.24) is 20.1 Å². The zero-order valence-corrected chi connectivity index (χ0v) is 13.7. The van der Waals surface area contributed by atoms with E-state index in [1.807, 2.05) is 12.1 Å². The van der Waals surface area contributed by atoms with Crippen molar-refractivity contribution < 1.29 is 4.79 Å². The Morgan fingerprint density at radius 1 is 1.21 bits per heavy atom. The molecule has 1 N–H and O–H groups in total. The maximum atomic E-state index is 12.0. The summed E-state index contributed by atoms with van der Waals surface area (Å²) in [5.41, 5.74) is 1.69. The SMILES string of the molecule is N#Cc1ccc(CCC(=O)NCc2nnc3n2CCCCC3)cc1. The van der Waals surface area contributed by atoms with Gasteiger partial charge in [0.15, 0.2) is 5.82 Å². The number of carbonyl (C=O) groups excluding carboxylic acids is 1. The minimum atomic E-state index is 0.00494. The van der Waals surface area contributed by atoms with Gasteiger partial charge in [-0.1, -0.05) is 18.6 Å². The van der Waals surface area contributed by atoms with Crippen LogP contribution in [-0.2, 0) is 30.7 Å². The molecule has 0 aliphatic carbocycles. The van der Waals surface area contributed by atoms with E-state index in [-0.39, 0.29) is 5.91 Å². The molecule has 2 heterocycles. The van der Waals surface area contributed by atoms with E-state index in [1.54, 1.807) is 12.1 Å². The van der Waals surface area contributed by atoms with E-state index in [0.717, 1.165) is 43.0 Å². The Kier molecular flexibility index (Phi) is 5.22. The van der Waals surface area contributed by atoms with Crippen molar-refractivity contribution in [2.24, 2.45) is 0 Å². The number of nitrogens with one attached hydrogen (secondary N) is 1. The Morgan fingerprint density at radius 3 is 2.83 bits per heavy atom. The standard InChI is InChI=1S/C18H21N5O/c19-12-15-7-5-14(6-8-15)9-10-18(24)20-13-17-22-21-16-4-2-1-3-11-23(16)17/h5-8H,1-4,9-11,13H2,(H,20,24). The van der Waals surface area contributed by atoms with Crippen molar-refractivity contribution in [3.8, 4) is 6.07 Å². The molecule has 6 heteroatoms. The molecule has 0 radical (unpaired) electrons. The lowest BCUT2D eigenvalue weighted by Gasteiger charge is -2.08. The molecule has 6 nitrogen and oxygen atoms in total. The zero-order chi connectivity index (χ0) is 16.8. The summed E-state index contributed by atoms with van der Waals surface area (Å²) in [7, 11) is 0. The third-order valence-electron chi connectivity index (χ3n) is 4.35. The minimum Gasteiger partial charge on any atom is -0.349 e. The Balaban J connectivity index is 1.49. The van der Waals surface area contributed by atoms with Gasteiger partial charge in [-0.2, -0.15) is 5.26 Å². The molecule has 124 valence electrons. The lowest BCUT2D eigenvalue weighted by atomic mass is 10.1. The first-order valence-electron chi connectivity index (χ1n) is 8.43. The average Bonchev–Trinajstić information content (AvgIpc) is 2.85. The first-order valence-corrected chi connectivity index (χ1v) is 8.43. The number of nitriles is 1. The lowest BCUT2D eigenvalue weighted by Crippen LogP contribution is -2.25. The lowest BCUT2D eigenvalue weighted by molar-refractivity contribution is -0.121. The van der Waals surface area contributed by atoms with Gasteiger partial charge >= 0.3 is 0 Å². The fourth-order valence-corrected chi connectivity index (χ4v) is 2.95. The van der Waals surface area contributed by atoms with Crippen LogP contribution < -0.4 is 5.32 Å². The van der Waals surface area contributed by atoms with Crippen LogP contribution in [0.25, 0.3) is 0 Å². The predicted molar refractivity (Wildman–Crippen MR) is 88.9 cm³/mol. The molecule has 3 rings (SSSR count). The number of rotatable bonds is 5. The average molecular weight is 323 g/mol. The van der Waals surface area contributed by atoms with Crippen LogP contribution in [0.3, 0.4) is 0 Å². The van der Waals surface area contributed by atoms with Gasteiger partial charge in [0.25, 0.3) is 0 Å². The summed E-state index contributed by atoms with van der Waals surface area (Å²) in [5.74, 6) is 1.89. The largest absolute Gasteiger partial charge is 0.349 e. The fraction of sp³-hybridized carbons (Fsp3) is 0.444. The summed E-state index contributed by atoms with van der Waals surface area (Å²) in [6, 6.07) is 9.43. The van der Waals surface area contributed by atoms with Crippen molar-refractivity contribution in [2.45, 2.75) is 51.6 Å². The zero-order valence-electron chi connectivity index (χ0n) is 13.7. The van der Waals surface area contributed by atoms with Crippen molar-refractivity contribution in [2.75, 3.05) is 0 Å². The first-order chi connectivity index (χ1) is 11.8. The van der Waals surface area contributed by atoms with Gasteiger partial charge in [-0.15, -0.1) is 10.2 Å². The van der Waals surface area contributed by atoms with Gasteiger partial charge in [-0.3, -0.25) is 4.79 Å². The molecule has 24 heavy (non-hydrogen) atoms. The maximum absolute atomic E-state index is 12.0. The van der Waals surface area contributed by atoms with E-state index in [4.69, 9.17) is 5.26 Å². The van der Waals surface area contributed by atoms with Crippen LogP contribution in [-0.4, -0.2) is 20.7 Å². The van der Waals surface area contributed by atoms with Gasteiger partial charge < -0.3 is 9.88 Å². The molecule has 2 aromatic rings. The van der Waals surface area contributed by atoms with E-state index in [9.17, 15) is 4.79 Å². The minimum absolute atomic E-state index is 0.00494. The van der Waals surface area contributed by atoms with Crippen LogP contribution in [0.1, 0.15) is 48.5 Å². The van der Waals surface area contributed by atoms with E-state index in [2.05, 4.69) is 26.2 Å². The Morgan fingerprint density at radius 2 is 2.04 bits per heavy atom. The summed E-state index contributed by atoms with van der Waals surface area (Å²) in [6.45, 7) is 1.37. The van der Waals surface area contributed by atoms with Crippen LogP contribution in [0.5, 0.6) is 0 Å². The molecule has 0 saturated carbocycles. The van der Waals surface area contributed by atoms with Crippen LogP contribution in [0.15, 0.2) is 24.3 Å². The number of aryl methyl sites for hydroxylation is 2. The number of hydrogen-bond donors (Lipinski definition) is 1. The second kappa shape index (κ2) is 7.73. The van der Waals surface area contributed by atoms with Gasteiger partial charge in [-0.05, 0) is 37.0 Å². The molecule has 0 atom stereocenters. The fourth-order valence-electron chi connectivity index (χ4n) is 2.95. The molecule has 1 aromatic heterocycles. The third kappa shape index (κ3) is 3.99. The van der Waals surface area contributed by atoms with E-state index < -0.39 is 0 Å². The summed E-state index contributed by atoms with van der Waals surface area (Å²) < 4.78 is 2.15. The van der Waals surface area contributed by atoms with Crippen LogP contribution in [0, 0.1) is 11.3 Å². The van der Waals surface area contributed by atoms with Crippen molar-refractivity contribution in [3.05, 3.63) is 47.0 Å². The topological polar surface area (TPSA) is 83.6 Å². The number of aromatic nitrogens is 3. The Labute approximate surface area is 141 Å². The summed E-state index contributed by atoms with van der Waals surface area (Å²) in [4.78, 5) is 12.0. The molecular weight excluding hydrogens is 302 g/mol. The van der Waals surface area contributed by atoms with Crippen LogP contribution in [0.4, 0.5) is 0 Å². The van der Waals surface area contributed by atoms with Gasteiger partial charge in [0.1, 0.15) is 5.82 Å². The van der Waals surface area contributed by atoms with Gasteiger partial charge in [0.2, 0.25) is 5.91 Å². The smallest absolute Gasteiger partial charge is 0.220 e. The molecular formula is C18H21N5O. The van der Waals surface area contributed by atoms with Crippen molar-refractivity contribution >= 4 is 5.91 Å². The molecule has 0 bridgehead atoms. The molecule has 0 spiro atoms. The Hall–Kier alpha value is -2.68. The van der Waals surface area contributed by atoms with Crippen molar-refractivity contribution in [3.63, 3.8) is 0 Å². The van der Waals surface area contributed by atoms with Crippen LogP contribution >= 0.6 is 0 Å². The van der Waals surface area contributed by atoms with Gasteiger partial charge in [0.05, 0.1) is 18.2 Å². The van der Waals surface area contributed by atoms with Gasteiger partial charge in [0, 0.05) is 19.4 Å². The van der Waals surface area contributed by atoms with E-state index in [0.29, 0.717) is 24.9 Å². The molecule has 0 unspecified atom stereocenters. The number of hydrogen-bond acceptors (Lipinski definition) is 4. The second-order valence-electron chi connectivity index (χ2n) is 6.08. The monoisotopic (exact) mass is 323 g/mol.